The number of allylic oxidation sites excluding steroid dienone is 1. The van der Waals surface area contributed by atoms with Crippen LogP contribution >= 0.6 is 11.8 Å². The molecule has 1 atom stereocenters. The van der Waals surface area contributed by atoms with Gasteiger partial charge in [0.1, 0.15) is 0 Å². The molecule has 0 spiro atoms. The molecule has 9 heteroatoms. The number of hydrogen-bond acceptors (Lipinski definition) is 7. The minimum atomic E-state index is -0.170. The van der Waals surface area contributed by atoms with Gasteiger partial charge in [0.05, 0.1) is 16.2 Å². The van der Waals surface area contributed by atoms with Gasteiger partial charge in [-0.15, -0.1) is 27.0 Å². The second-order valence-electron chi connectivity index (χ2n) is 6.91. The van der Waals surface area contributed by atoms with Crippen LogP contribution in [0.5, 0.6) is 0 Å². The van der Waals surface area contributed by atoms with Gasteiger partial charge in [0.2, 0.25) is 17.6 Å². The Balaban J connectivity index is 1.56. The van der Waals surface area contributed by atoms with Crippen LogP contribution in [-0.2, 0) is 6.54 Å². The molecule has 0 amide bonds. The van der Waals surface area contributed by atoms with Gasteiger partial charge >= 0.3 is 0 Å². The van der Waals surface area contributed by atoms with E-state index in [1.54, 1.807) is 16.7 Å². The number of benzene rings is 2. The van der Waals surface area contributed by atoms with E-state index in [-0.39, 0.29) is 10.8 Å². The van der Waals surface area contributed by atoms with Gasteiger partial charge in [-0.25, -0.2) is 0 Å². The van der Waals surface area contributed by atoms with Crippen molar-refractivity contribution >= 4 is 28.4 Å². The molecule has 0 aliphatic rings. The van der Waals surface area contributed by atoms with Gasteiger partial charge in [-0.2, -0.15) is 0 Å². The van der Waals surface area contributed by atoms with Gasteiger partial charge < -0.3 is 4.42 Å². The van der Waals surface area contributed by atoms with Crippen molar-refractivity contribution in [2.75, 3.05) is 0 Å². The predicted octanol–water partition coefficient (Wildman–Crippen LogP) is 4.13. The lowest BCUT2D eigenvalue weighted by Gasteiger charge is -2.10. The van der Waals surface area contributed by atoms with Crippen molar-refractivity contribution in [3.8, 4) is 11.5 Å². The van der Waals surface area contributed by atoms with E-state index in [4.69, 9.17) is 4.42 Å². The van der Waals surface area contributed by atoms with Crippen molar-refractivity contribution in [3.05, 3.63) is 83.5 Å². The van der Waals surface area contributed by atoms with Crippen LogP contribution in [0.25, 0.3) is 28.1 Å². The number of hydrogen-bond donors (Lipinski definition) is 0. The van der Waals surface area contributed by atoms with Crippen LogP contribution in [0.1, 0.15) is 18.1 Å². The first-order chi connectivity index (χ1) is 15.2. The van der Waals surface area contributed by atoms with Crippen LogP contribution in [0.3, 0.4) is 0 Å². The maximum atomic E-state index is 12.9. The molecule has 0 radical (unpaired) electrons. The molecule has 0 aliphatic heterocycles. The molecule has 2 aromatic carbocycles. The molecule has 8 nitrogen and oxygen atoms in total. The summed E-state index contributed by atoms with van der Waals surface area (Å²) in [5.41, 5.74) is 1.49. The lowest BCUT2D eigenvalue weighted by atomic mass is 10.2. The average molecular weight is 430 g/mol. The largest absolute Gasteiger partial charge is 0.419 e. The summed E-state index contributed by atoms with van der Waals surface area (Å²) < 4.78 is 9.34. The Morgan fingerprint density at radius 3 is 2.65 bits per heavy atom. The molecule has 0 N–H and O–H groups in total. The Morgan fingerprint density at radius 2 is 1.84 bits per heavy atom. The number of nitrogens with zero attached hydrogens (tertiary/aromatic N) is 6. The Labute approximate surface area is 181 Å². The van der Waals surface area contributed by atoms with Crippen molar-refractivity contribution in [1.29, 1.82) is 0 Å². The summed E-state index contributed by atoms with van der Waals surface area (Å²) in [5, 5.41) is 18.1. The number of thioether (sulfide) groups is 1. The SMILES string of the molecule is C=CCn1c(=O)c2ccccc2n2c(SC(C)c3nnc(-c4ccccc4)o3)nnc12. The van der Waals surface area contributed by atoms with Crippen molar-refractivity contribution in [2.45, 2.75) is 23.9 Å². The summed E-state index contributed by atoms with van der Waals surface area (Å²) in [6.07, 6.45) is 1.67. The second kappa shape index (κ2) is 7.84. The zero-order valence-corrected chi connectivity index (χ0v) is 17.5. The first kappa shape index (κ1) is 19.3. The highest BCUT2D eigenvalue weighted by atomic mass is 32.2. The fourth-order valence-electron chi connectivity index (χ4n) is 3.41. The summed E-state index contributed by atoms with van der Waals surface area (Å²) in [4.78, 5) is 12.9. The van der Waals surface area contributed by atoms with Crippen LogP contribution in [0.15, 0.2) is 81.6 Å². The Morgan fingerprint density at radius 1 is 1.06 bits per heavy atom. The van der Waals surface area contributed by atoms with Crippen LogP contribution in [0, 0.1) is 0 Å². The number of rotatable bonds is 6. The minimum Gasteiger partial charge on any atom is -0.419 e. The van der Waals surface area contributed by atoms with E-state index < -0.39 is 0 Å². The Kier molecular flexibility index (Phi) is 4.87. The fourth-order valence-corrected chi connectivity index (χ4v) is 4.29. The molecule has 0 fully saturated rings. The number of aromatic nitrogens is 6. The Bertz CT molecular complexity index is 1450. The number of para-hydroxylation sites is 1. The third-order valence-electron chi connectivity index (χ3n) is 4.88. The van der Waals surface area contributed by atoms with E-state index in [0.717, 1.165) is 11.1 Å². The normalized spacial score (nSPS) is 12.4. The van der Waals surface area contributed by atoms with E-state index in [9.17, 15) is 4.79 Å². The van der Waals surface area contributed by atoms with Crippen molar-refractivity contribution in [2.24, 2.45) is 0 Å². The summed E-state index contributed by atoms with van der Waals surface area (Å²) in [6.45, 7) is 6.07. The van der Waals surface area contributed by atoms with Gasteiger partial charge in [-0.3, -0.25) is 13.8 Å². The second-order valence-corrected chi connectivity index (χ2v) is 8.22. The summed E-state index contributed by atoms with van der Waals surface area (Å²) in [6, 6.07) is 17.1. The zero-order chi connectivity index (χ0) is 21.4. The topological polar surface area (TPSA) is 91.1 Å². The van der Waals surface area contributed by atoms with E-state index in [0.29, 0.717) is 34.6 Å². The third kappa shape index (κ3) is 3.32. The highest BCUT2D eigenvalue weighted by Gasteiger charge is 2.22. The molecule has 0 aliphatic carbocycles. The lowest BCUT2D eigenvalue weighted by molar-refractivity contribution is 0.509. The smallest absolute Gasteiger partial charge is 0.263 e. The third-order valence-corrected chi connectivity index (χ3v) is 5.91. The minimum absolute atomic E-state index is 0.121. The highest BCUT2D eigenvalue weighted by molar-refractivity contribution is 7.99. The molecule has 5 rings (SSSR count). The molecule has 3 aromatic heterocycles. The molecule has 31 heavy (non-hydrogen) atoms. The van der Waals surface area contributed by atoms with E-state index in [2.05, 4.69) is 27.0 Å². The quantitative estimate of drug-likeness (QED) is 0.295. The van der Waals surface area contributed by atoms with Crippen LogP contribution in [-0.4, -0.2) is 29.4 Å². The van der Waals surface area contributed by atoms with Gasteiger partial charge in [-0.1, -0.05) is 48.2 Å². The van der Waals surface area contributed by atoms with E-state index >= 15 is 0 Å². The average Bonchev–Trinajstić information content (AvgIpc) is 3.45. The predicted molar refractivity (Wildman–Crippen MR) is 119 cm³/mol. The van der Waals surface area contributed by atoms with Crippen molar-refractivity contribution < 1.29 is 4.42 Å². The van der Waals surface area contributed by atoms with Gasteiger partial charge in [0, 0.05) is 12.1 Å². The molecule has 1 unspecified atom stereocenters. The van der Waals surface area contributed by atoms with Gasteiger partial charge in [0.15, 0.2) is 5.16 Å². The van der Waals surface area contributed by atoms with E-state index in [1.807, 2.05) is 59.9 Å². The summed E-state index contributed by atoms with van der Waals surface area (Å²) in [7, 11) is 0. The Hall–Kier alpha value is -3.72. The van der Waals surface area contributed by atoms with Crippen LogP contribution < -0.4 is 5.56 Å². The molecule has 0 saturated heterocycles. The van der Waals surface area contributed by atoms with Crippen molar-refractivity contribution in [3.63, 3.8) is 0 Å². The molecular weight excluding hydrogens is 412 g/mol. The maximum Gasteiger partial charge on any atom is 0.263 e. The number of fused-ring (bicyclic) bond motifs is 3. The fraction of sp³-hybridized carbons (Fsp3) is 0.136. The molecule has 3 heterocycles. The van der Waals surface area contributed by atoms with Gasteiger partial charge in [-0.05, 0) is 31.2 Å². The van der Waals surface area contributed by atoms with Gasteiger partial charge in [0.25, 0.3) is 5.56 Å². The first-order valence-corrected chi connectivity index (χ1v) is 10.6. The summed E-state index contributed by atoms with van der Waals surface area (Å²) >= 11 is 1.44. The first-order valence-electron chi connectivity index (χ1n) is 9.70. The molecule has 0 bridgehead atoms. The van der Waals surface area contributed by atoms with Crippen LogP contribution in [0.4, 0.5) is 0 Å². The summed E-state index contributed by atoms with van der Waals surface area (Å²) in [5.74, 6) is 1.43. The monoisotopic (exact) mass is 430 g/mol. The molecular formula is C22H18N6O2S. The van der Waals surface area contributed by atoms with Crippen molar-refractivity contribution in [1.82, 2.24) is 29.4 Å². The molecule has 154 valence electrons. The molecule has 0 saturated carbocycles. The zero-order valence-electron chi connectivity index (χ0n) is 16.7. The highest BCUT2D eigenvalue weighted by Crippen LogP contribution is 2.35. The molecule has 5 aromatic rings. The lowest BCUT2D eigenvalue weighted by Crippen LogP contribution is -2.22. The van der Waals surface area contributed by atoms with Crippen LogP contribution in [0.2, 0.25) is 0 Å². The standard InChI is InChI=1S/C22H18N6O2S/c1-3-13-27-20(29)16-11-7-8-12-17(16)28-21(27)25-26-22(28)31-14(2)18-23-24-19(30-18)15-9-5-4-6-10-15/h3-12,14H,1,13H2,2H3. The maximum absolute atomic E-state index is 12.9. The van der Waals surface area contributed by atoms with E-state index in [1.165, 1.54) is 11.8 Å².